The van der Waals surface area contributed by atoms with Gasteiger partial charge < -0.3 is 4.98 Å². The number of aryl methyl sites for hydroxylation is 1. The molecule has 9 heteroatoms. The number of thiophene rings is 1. The van der Waals surface area contributed by atoms with Gasteiger partial charge >= 0.3 is 0 Å². The van der Waals surface area contributed by atoms with Crippen LogP contribution in [0.3, 0.4) is 0 Å². The first-order valence-corrected chi connectivity index (χ1v) is 13.4. The summed E-state index contributed by atoms with van der Waals surface area (Å²) in [6, 6.07) is 12.6. The van der Waals surface area contributed by atoms with Crippen molar-refractivity contribution in [1.82, 2.24) is 30.0 Å². The zero-order valence-corrected chi connectivity index (χ0v) is 21.4. The summed E-state index contributed by atoms with van der Waals surface area (Å²) in [5.74, 6) is -2.60. The van der Waals surface area contributed by atoms with Crippen molar-refractivity contribution in [3.63, 3.8) is 0 Å². The number of alkyl halides is 2. The monoisotopic (exact) mass is 526 g/mol. The number of fused-ring (bicyclic) bond motifs is 2. The first-order valence-electron chi connectivity index (χ1n) is 12.5. The third kappa shape index (κ3) is 4.08. The predicted molar refractivity (Wildman–Crippen MR) is 147 cm³/mol. The number of likely N-dealkylation sites (tertiary alicyclic amines) is 1. The van der Waals surface area contributed by atoms with E-state index in [9.17, 15) is 8.78 Å². The number of hydrogen-bond donors (Lipinski definition) is 2. The minimum absolute atomic E-state index is 0.0855. The lowest BCUT2D eigenvalue weighted by Gasteiger charge is -2.16. The van der Waals surface area contributed by atoms with Crippen LogP contribution in [0.25, 0.3) is 54.8 Å². The van der Waals surface area contributed by atoms with Crippen LogP contribution in [-0.4, -0.2) is 49.1 Å². The van der Waals surface area contributed by atoms with E-state index in [1.165, 1.54) is 4.88 Å². The first kappa shape index (κ1) is 23.2. The molecule has 2 N–H and O–H groups in total. The molecule has 0 unspecified atom stereocenters. The van der Waals surface area contributed by atoms with Crippen LogP contribution in [0.15, 0.2) is 66.6 Å². The van der Waals surface area contributed by atoms with E-state index in [1.54, 1.807) is 22.4 Å². The minimum Gasteiger partial charge on any atom is -0.352 e. The highest BCUT2D eigenvalue weighted by Gasteiger charge is 2.37. The molecule has 0 amide bonds. The van der Waals surface area contributed by atoms with Crippen molar-refractivity contribution in [2.75, 3.05) is 13.1 Å². The number of H-pyrrole nitrogens is 2. The molecule has 7 rings (SSSR count). The average Bonchev–Trinajstić information content (AvgIpc) is 3.69. The summed E-state index contributed by atoms with van der Waals surface area (Å²) in [6.45, 7) is 2.72. The van der Waals surface area contributed by atoms with E-state index >= 15 is 0 Å². The molecule has 0 saturated carbocycles. The standard InChI is InChI=1S/C29H24F2N6S/c1-17-7-24-22(9-20(17)19-8-18(11-32-12-19)15-37-5-4-29(30,31)16-37)28(36-35-24)25-10-21-23(27-3-2-6-38-27)13-33-14-26(21)34-25/h2-3,6-14,34H,4-5,15-16H2,1H3,(H,35,36). The second kappa shape index (κ2) is 8.82. The summed E-state index contributed by atoms with van der Waals surface area (Å²) in [4.78, 5) is 15.3. The molecule has 6 nitrogen and oxygen atoms in total. The Hall–Kier alpha value is -3.95. The van der Waals surface area contributed by atoms with Crippen LogP contribution in [0.5, 0.6) is 0 Å². The third-order valence-corrected chi connectivity index (χ3v) is 8.16. The maximum atomic E-state index is 13.7. The number of aromatic amines is 2. The molecule has 0 radical (unpaired) electrons. The van der Waals surface area contributed by atoms with Gasteiger partial charge in [0, 0.05) is 64.9 Å². The molecule has 6 aromatic rings. The van der Waals surface area contributed by atoms with Gasteiger partial charge in [0.1, 0.15) is 5.69 Å². The molecule has 0 atom stereocenters. The van der Waals surface area contributed by atoms with Gasteiger partial charge in [0.2, 0.25) is 0 Å². The summed E-state index contributed by atoms with van der Waals surface area (Å²) in [6.07, 6.45) is 7.25. The van der Waals surface area contributed by atoms with Crippen molar-refractivity contribution >= 4 is 33.1 Å². The maximum absolute atomic E-state index is 13.7. The lowest BCUT2D eigenvalue weighted by Crippen LogP contribution is -2.24. The molecule has 1 aliphatic heterocycles. The van der Waals surface area contributed by atoms with Crippen LogP contribution in [0.2, 0.25) is 0 Å². The van der Waals surface area contributed by atoms with Crippen molar-refractivity contribution in [3.8, 4) is 33.0 Å². The summed E-state index contributed by atoms with van der Waals surface area (Å²) in [5, 5.41) is 12.0. The SMILES string of the molecule is Cc1cc2[nH]nc(-c3cc4c(-c5cccs5)cncc4[nH]3)c2cc1-c1cncc(CN2CCC(F)(F)C2)c1. The van der Waals surface area contributed by atoms with Crippen LogP contribution < -0.4 is 0 Å². The summed E-state index contributed by atoms with van der Waals surface area (Å²) in [7, 11) is 0. The van der Waals surface area contributed by atoms with Crippen molar-refractivity contribution < 1.29 is 8.78 Å². The van der Waals surface area contributed by atoms with E-state index in [1.807, 2.05) is 24.7 Å². The molecule has 0 spiro atoms. The smallest absolute Gasteiger partial charge is 0.261 e. The summed E-state index contributed by atoms with van der Waals surface area (Å²) >= 11 is 1.69. The van der Waals surface area contributed by atoms with Gasteiger partial charge in [0.15, 0.2) is 0 Å². The molecule has 5 aromatic heterocycles. The van der Waals surface area contributed by atoms with Crippen LogP contribution in [0.1, 0.15) is 17.5 Å². The number of pyridine rings is 2. The number of nitrogens with one attached hydrogen (secondary N) is 2. The van der Waals surface area contributed by atoms with Gasteiger partial charge in [-0.2, -0.15) is 5.10 Å². The molecule has 1 saturated heterocycles. The van der Waals surface area contributed by atoms with Gasteiger partial charge in [-0.15, -0.1) is 11.3 Å². The highest BCUT2D eigenvalue weighted by atomic mass is 32.1. The van der Waals surface area contributed by atoms with Crippen LogP contribution in [0, 0.1) is 6.92 Å². The average molecular weight is 527 g/mol. The Morgan fingerprint density at radius 1 is 1.00 bits per heavy atom. The van der Waals surface area contributed by atoms with E-state index in [-0.39, 0.29) is 13.0 Å². The largest absolute Gasteiger partial charge is 0.352 e. The minimum atomic E-state index is -2.60. The molecule has 0 aliphatic carbocycles. The Balaban J connectivity index is 1.27. The van der Waals surface area contributed by atoms with Crippen molar-refractivity contribution in [2.45, 2.75) is 25.8 Å². The molecule has 1 aromatic carbocycles. The van der Waals surface area contributed by atoms with E-state index in [0.717, 1.165) is 61.0 Å². The molecular formula is C29H24F2N6S. The zero-order chi connectivity index (χ0) is 25.9. The van der Waals surface area contributed by atoms with Crippen LogP contribution >= 0.6 is 11.3 Å². The number of halogens is 2. The molecule has 1 aliphatic rings. The quantitative estimate of drug-likeness (QED) is 0.253. The van der Waals surface area contributed by atoms with Gasteiger partial charge in [-0.25, -0.2) is 8.78 Å². The van der Waals surface area contributed by atoms with E-state index in [2.05, 4.69) is 67.8 Å². The van der Waals surface area contributed by atoms with Crippen molar-refractivity contribution in [3.05, 3.63) is 77.7 Å². The molecular weight excluding hydrogens is 502 g/mol. The Morgan fingerprint density at radius 2 is 1.89 bits per heavy atom. The fourth-order valence-corrected chi connectivity index (χ4v) is 6.17. The molecule has 1 fully saturated rings. The Bertz CT molecular complexity index is 1790. The van der Waals surface area contributed by atoms with Crippen LogP contribution in [-0.2, 0) is 6.54 Å². The molecule has 38 heavy (non-hydrogen) atoms. The normalized spacial score (nSPS) is 15.7. The Kier molecular flexibility index (Phi) is 5.38. The van der Waals surface area contributed by atoms with Gasteiger partial charge in [0.05, 0.1) is 29.5 Å². The van der Waals surface area contributed by atoms with Crippen molar-refractivity contribution in [2.24, 2.45) is 0 Å². The third-order valence-electron chi connectivity index (χ3n) is 7.26. The van der Waals surface area contributed by atoms with Gasteiger partial charge in [-0.1, -0.05) is 6.07 Å². The molecule has 0 bridgehead atoms. The number of rotatable bonds is 5. The van der Waals surface area contributed by atoms with Gasteiger partial charge in [-0.3, -0.25) is 20.0 Å². The number of aromatic nitrogens is 5. The Morgan fingerprint density at radius 3 is 2.71 bits per heavy atom. The highest BCUT2D eigenvalue weighted by Crippen LogP contribution is 2.37. The molecule has 6 heterocycles. The van der Waals surface area contributed by atoms with E-state index in [4.69, 9.17) is 0 Å². The lowest BCUT2D eigenvalue weighted by molar-refractivity contribution is 0.0115. The van der Waals surface area contributed by atoms with Gasteiger partial charge in [0.25, 0.3) is 5.92 Å². The number of nitrogens with zero attached hydrogens (tertiary/aromatic N) is 4. The van der Waals surface area contributed by atoms with Gasteiger partial charge in [-0.05, 0) is 59.3 Å². The first-order chi connectivity index (χ1) is 18.4. The van der Waals surface area contributed by atoms with Crippen molar-refractivity contribution in [1.29, 1.82) is 0 Å². The second-order valence-corrected chi connectivity index (χ2v) is 10.9. The lowest BCUT2D eigenvalue weighted by atomic mass is 9.98. The number of hydrogen-bond acceptors (Lipinski definition) is 5. The maximum Gasteiger partial charge on any atom is 0.261 e. The van der Waals surface area contributed by atoms with Crippen LogP contribution in [0.4, 0.5) is 8.78 Å². The predicted octanol–water partition coefficient (Wildman–Crippen LogP) is 7.05. The second-order valence-electron chi connectivity index (χ2n) is 9.99. The highest BCUT2D eigenvalue weighted by molar-refractivity contribution is 7.13. The summed E-state index contributed by atoms with van der Waals surface area (Å²) in [5.41, 5.74) is 8.75. The fraction of sp³-hybridized carbons (Fsp3) is 0.207. The topological polar surface area (TPSA) is 73.5 Å². The van der Waals surface area contributed by atoms with E-state index in [0.29, 0.717) is 13.1 Å². The number of benzene rings is 1. The molecule has 190 valence electrons. The fourth-order valence-electron chi connectivity index (χ4n) is 5.42. The Labute approximate surface area is 221 Å². The zero-order valence-electron chi connectivity index (χ0n) is 20.6. The summed E-state index contributed by atoms with van der Waals surface area (Å²) < 4.78 is 27.4. The van der Waals surface area contributed by atoms with E-state index < -0.39 is 5.92 Å².